The van der Waals surface area contributed by atoms with Gasteiger partial charge in [0.05, 0.1) is 0 Å². The first kappa shape index (κ1) is 15.0. The van der Waals surface area contributed by atoms with Gasteiger partial charge in [-0.25, -0.2) is 4.72 Å². The van der Waals surface area contributed by atoms with Gasteiger partial charge >= 0.3 is 0 Å². The summed E-state index contributed by atoms with van der Waals surface area (Å²) in [5, 5.41) is 0. The van der Waals surface area contributed by atoms with E-state index in [0.29, 0.717) is 13.1 Å². The predicted octanol–water partition coefficient (Wildman–Crippen LogP) is 2.59. The summed E-state index contributed by atoms with van der Waals surface area (Å²) >= 11 is 0. The van der Waals surface area contributed by atoms with Crippen molar-refractivity contribution in [1.82, 2.24) is 9.03 Å². The van der Waals surface area contributed by atoms with Crippen LogP contribution in [-0.2, 0) is 10.2 Å². The van der Waals surface area contributed by atoms with Crippen LogP contribution in [0.2, 0.25) is 0 Å². The van der Waals surface area contributed by atoms with E-state index in [4.69, 9.17) is 0 Å². The van der Waals surface area contributed by atoms with Crippen molar-refractivity contribution in [1.29, 1.82) is 0 Å². The quantitative estimate of drug-likeness (QED) is 0.790. The summed E-state index contributed by atoms with van der Waals surface area (Å²) in [5.74, 6) is 0. The molecule has 1 aliphatic heterocycles. The van der Waals surface area contributed by atoms with Crippen LogP contribution in [0.1, 0.15) is 58.3 Å². The third kappa shape index (κ3) is 4.29. The summed E-state index contributed by atoms with van der Waals surface area (Å²) < 4.78 is 28.9. The summed E-state index contributed by atoms with van der Waals surface area (Å²) in [4.78, 5) is 0. The van der Waals surface area contributed by atoms with Crippen LogP contribution in [-0.4, -0.2) is 31.9 Å². The molecule has 110 valence electrons. The van der Waals surface area contributed by atoms with Crippen molar-refractivity contribution < 1.29 is 8.42 Å². The summed E-state index contributed by atoms with van der Waals surface area (Å²) in [6.07, 6.45) is 11.1. The van der Waals surface area contributed by atoms with E-state index in [0.717, 1.165) is 38.5 Å². The molecule has 0 saturated carbocycles. The van der Waals surface area contributed by atoms with Gasteiger partial charge in [0.1, 0.15) is 0 Å². The van der Waals surface area contributed by atoms with E-state index >= 15 is 0 Å². The van der Waals surface area contributed by atoms with E-state index in [-0.39, 0.29) is 6.04 Å². The van der Waals surface area contributed by atoms with Crippen LogP contribution >= 0.6 is 0 Å². The zero-order valence-electron chi connectivity index (χ0n) is 11.9. The molecule has 1 saturated heterocycles. The van der Waals surface area contributed by atoms with Gasteiger partial charge in [0.15, 0.2) is 0 Å². The molecule has 1 N–H and O–H groups in total. The smallest absolute Gasteiger partial charge is 0.202 e. The molecule has 0 aromatic rings. The predicted molar refractivity (Wildman–Crippen MR) is 78.1 cm³/mol. The van der Waals surface area contributed by atoms with Crippen LogP contribution in [0.15, 0.2) is 11.6 Å². The van der Waals surface area contributed by atoms with Crippen LogP contribution in [0.25, 0.3) is 0 Å². The first-order valence-corrected chi connectivity index (χ1v) is 8.98. The van der Waals surface area contributed by atoms with Crippen molar-refractivity contribution in [2.75, 3.05) is 13.1 Å². The lowest BCUT2D eigenvalue weighted by atomic mass is 9.97. The van der Waals surface area contributed by atoms with Crippen molar-refractivity contribution in [3.05, 3.63) is 11.6 Å². The Labute approximate surface area is 117 Å². The van der Waals surface area contributed by atoms with Gasteiger partial charge in [-0.3, -0.25) is 0 Å². The van der Waals surface area contributed by atoms with Crippen LogP contribution in [0.5, 0.6) is 0 Å². The lowest BCUT2D eigenvalue weighted by molar-refractivity contribution is 0.265. The normalized spacial score (nSPS) is 26.2. The molecule has 1 atom stereocenters. The highest BCUT2D eigenvalue weighted by atomic mass is 32.2. The number of piperidine rings is 1. The Bertz CT molecular complexity index is 417. The average molecular weight is 286 g/mol. The van der Waals surface area contributed by atoms with E-state index in [2.05, 4.69) is 10.8 Å². The number of nitrogens with zero attached hydrogens (tertiary/aromatic N) is 1. The second-order valence-electron chi connectivity index (χ2n) is 5.71. The third-order valence-corrected chi connectivity index (χ3v) is 5.90. The minimum atomic E-state index is -3.28. The molecule has 4 nitrogen and oxygen atoms in total. The van der Waals surface area contributed by atoms with Crippen molar-refractivity contribution in [2.45, 2.75) is 64.3 Å². The van der Waals surface area contributed by atoms with Crippen LogP contribution in [0.3, 0.4) is 0 Å². The molecule has 0 aromatic carbocycles. The van der Waals surface area contributed by atoms with Crippen molar-refractivity contribution in [2.24, 2.45) is 0 Å². The minimum absolute atomic E-state index is 0.139. The molecule has 0 spiro atoms. The first-order valence-electron chi connectivity index (χ1n) is 7.54. The Morgan fingerprint density at radius 2 is 2.16 bits per heavy atom. The second kappa shape index (κ2) is 6.86. The Balaban J connectivity index is 1.81. The lowest BCUT2D eigenvalue weighted by Crippen LogP contribution is -2.48. The number of allylic oxidation sites excluding steroid dienone is 1. The average Bonchev–Trinajstić information content (AvgIpc) is 2.40. The standard InChI is InChI=1S/C14H26N2O2S/c1-13-7-5-6-12-16(13)19(17,18)15-11-10-14-8-3-2-4-9-14/h8,13,15H,2-7,9-12H2,1H3. The number of rotatable bonds is 5. The molecule has 1 aliphatic carbocycles. The molecule has 1 unspecified atom stereocenters. The van der Waals surface area contributed by atoms with E-state index < -0.39 is 10.2 Å². The van der Waals surface area contributed by atoms with E-state index in [1.807, 2.05) is 6.92 Å². The van der Waals surface area contributed by atoms with Gasteiger partial charge in [0.2, 0.25) is 0 Å². The van der Waals surface area contributed by atoms with Gasteiger partial charge < -0.3 is 0 Å². The molecule has 0 bridgehead atoms. The van der Waals surface area contributed by atoms with E-state index in [1.54, 1.807) is 4.31 Å². The van der Waals surface area contributed by atoms with Crippen molar-refractivity contribution in [3.63, 3.8) is 0 Å². The molecular formula is C14H26N2O2S. The molecule has 5 heteroatoms. The fourth-order valence-corrected chi connectivity index (χ4v) is 4.46. The fourth-order valence-electron chi connectivity index (χ4n) is 2.98. The SMILES string of the molecule is CC1CCCCN1S(=O)(=O)NCCC1=CCCCC1. The molecule has 2 aliphatic rings. The highest BCUT2D eigenvalue weighted by molar-refractivity contribution is 7.87. The largest absolute Gasteiger partial charge is 0.279 e. The number of hydrogen-bond acceptors (Lipinski definition) is 2. The molecule has 0 radical (unpaired) electrons. The molecule has 1 heterocycles. The first-order chi connectivity index (χ1) is 9.09. The summed E-state index contributed by atoms with van der Waals surface area (Å²) in [5.41, 5.74) is 1.42. The highest BCUT2D eigenvalue weighted by Crippen LogP contribution is 2.21. The third-order valence-electron chi connectivity index (χ3n) is 4.17. The molecule has 1 fully saturated rings. The number of hydrogen-bond donors (Lipinski definition) is 1. The summed E-state index contributed by atoms with van der Waals surface area (Å²) in [7, 11) is -3.28. The highest BCUT2D eigenvalue weighted by Gasteiger charge is 2.28. The topological polar surface area (TPSA) is 49.4 Å². The van der Waals surface area contributed by atoms with Gasteiger partial charge in [0, 0.05) is 19.1 Å². The monoisotopic (exact) mass is 286 g/mol. The van der Waals surface area contributed by atoms with E-state index in [9.17, 15) is 8.42 Å². The second-order valence-corrected chi connectivity index (χ2v) is 7.42. The Hall–Kier alpha value is -0.390. The van der Waals surface area contributed by atoms with Gasteiger partial charge in [-0.05, 0) is 51.9 Å². The minimum Gasteiger partial charge on any atom is -0.202 e. The maximum absolute atomic E-state index is 12.2. The van der Waals surface area contributed by atoms with Crippen LogP contribution in [0, 0.1) is 0 Å². The number of nitrogens with one attached hydrogen (secondary N) is 1. The Kier molecular flexibility index (Phi) is 5.42. The molecule has 2 rings (SSSR count). The van der Waals surface area contributed by atoms with Gasteiger partial charge in [-0.1, -0.05) is 18.1 Å². The van der Waals surface area contributed by atoms with Crippen LogP contribution < -0.4 is 4.72 Å². The van der Waals surface area contributed by atoms with Gasteiger partial charge in [-0.15, -0.1) is 0 Å². The molecule has 0 amide bonds. The Morgan fingerprint density at radius 3 is 2.84 bits per heavy atom. The van der Waals surface area contributed by atoms with Crippen LogP contribution in [0.4, 0.5) is 0 Å². The van der Waals surface area contributed by atoms with Gasteiger partial charge in [0.25, 0.3) is 10.2 Å². The molecular weight excluding hydrogens is 260 g/mol. The molecule has 0 aromatic heterocycles. The maximum Gasteiger partial charge on any atom is 0.279 e. The summed E-state index contributed by atoms with van der Waals surface area (Å²) in [6.45, 7) is 3.21. The fraction of sp³-hybridized carbons (Fsp3) is 0.857. The zero-order valence-corrected chi connectivity index (χ0v) is 12.7. The Morgan fingerprint density at radius 1 is 1.32 bits per heavy atom. The zero-order chi connectivity index (χ0) is 13.7. The molecule has 19 heavy (non-hydrogen) atoms. The van der Waals surface area contributed by atoms with E-state index in [1.165, 1.54) is 18.4 Å². The summed E-state index contributed by atoms with van der Waals surface area (Å²) in [6, 6.07) is 0.139. The lowest BCUT2D eigenvalue weighted by Gasteiger charge is -2.32. The van der Waals surface area contributed by atoms with Gasteiger partial charge in [-0.2, -0.15) is 12.7 Å². The van der Waals surface area contributed by atoms with Crippen molar-refractivity contribution >= 4 is 10.2 Å². The van der Waals surface area contributed by atoms with Crippen molar-refractivity contribution in [3.8, 4) is 0 Å². The maximum atomic E-state index is 12.2.